The minimum atomic E-state index is -1.04. The Bertz CT molecular complexity index is 622. The molecular weight excluding hydrogens is 250 g/mol. The monoisotopic (exact) mass is 261 g/mol. The molecule has 0 bridgehead atoms. The second-order valence-corrected chi connectivity index (χ2v) is 3.77. The average Bonchev–Trinajstić information content (AvgIpc) is 2.83. The molecule has 2 heterocycles. The molecule has 8 nitrogen and oxygen atoms in total. The first-order chi connectivity index (χ1) is 9.06. The Morgan fingerprint density at radius 1 is 1.47 bits per heavy atom. The molecule has 3 N–H and O–H groups in total. The second kappa shape index (κ2) is 5.25. The molecule has 0 spiro atoms. The zero-order valence-corrected chi connectivity index (χ0v) is 10.0. The number of H-pyrrole nitrogens is 1. The van der Waals surface area contributed by atoms with Crippen LogP contribution >= 0.6 is 0 Å². The highest BCUT2D eigenvalue weighted by atomic mass is 16.4. The molecule has 0 saturated heterocycles. The predicted octanol–water partition coefficient (Wildman–Crippen LogP) is 0.136. The van der Waals surface area contributed by atoms with E-state index in [1.807, 2.05) is 0 Å². The lowest BCUT2D eigenvalue weighted by Gasteiger charge is -2.03. The van der Waals surface area contributed by atoms with Crippen molar-refractivity contribution in [2.75, 3.05) is 0 Å². The zero-order chi connectivity index (χ0) is 13.8. The first-order valence-electron chi connectivity index (χ1n) is 5.41. The molecule has 2 aromatic rings. The molecule has 19 heavy (non-hydrogen) atoms. The molecule has 0 saturated carbocycles. The number of aryl methyl sites for hydroxylation is 1. The van der Waals surface area contributed by atoms with E-state index >= 15 is 0 Å². The third kappa shape index (κ3) is 3.12. The molecule has 0 unspecified atom stereocenters. The second-order valence-electron chi connectivity index (χ2n) is 3.77. The van der Waals surface area contributed by atoms with E-state index in [4.69, 9.17) is 5.11 Å². The molecule has 1 amide bonds. The van der Waals surface area contributed by atoms with Crippen LogP contribution in [-0.4, -0.2) is 37.1 Å². The molecule has 0 fully saturated rings. The number of rotatable bonds is 4. The number of amides is 1. The van der Waals surface area contributed by atoms with E-state index in [-0.39, 0.29) is 17.9 Å². The van der Waals surface area contributed by atoms with Gasteiger partial charge in [0.05, 0.1) is 17.8 Å². The lowest BCUT2D eigenvalue weighted by Crippen LogP contribution is -2.24. The Hall–Kier alpha value is -2.77. The van der Waals surface area contributed by atoms with Crippen molar-refractivity contribution < 1.29 is 14.7 Å². The van der Waals surface area contributed by atoms with Crippen LogP contribution in [0.25, 0.3) is 0 Å². The average molecular weight is 261 g/mol. The van der Waals surface area contributed by atoms with E-state index in [9.17, 15) is 9.59 Å². The molecule has 0 atom stereocenters. The number of pyridine rings is 1. The Balaban J connectivity index is 2.01. The topological polar surface area (TPSA) is 121 Å². The van der Waals surface area contributed by atoms with Crippen molar-refractivity contribution in [3.05, 3.63) is 41.2 Å². The summed E-state index contributed by atoms with van der Waals surface area (Å²) in [6.07, 6.45) is 1.38. The summed E-state index contributed by atoms with van der Waals surface area (Å²) < 4.78 is 0. The largest absolute Gasteiger partial charge is 0.478 e. The summed E-state index contributed by atoms with van der Waals surface area (Å²) >= 11 is 0. The number of hydrogen-bond donors (Lipinski definition) is 3. The number of carbonyl (C=O) groups excluding carboxylic acids is 1. The number of carbonyl (C=O) groups is 2. The Kier molecular flexibility index (Phi) is 3.51. The van der Waals surface area contributed by atoms with Crippen LogP contribution in [0, 0.1) is 6.92 Å². The third-order valence-corrected chi connectivity index (χ3v) is 2.29. The number of nitrogens with one attached hydrogen (secondary N) is 2. The van der Waals surface area contributed by atoms with Gasteiger partial charge in [-0.05, 0) is 19.1 Å². The first kappa shape index (κ1) is 12.7. The molecular formula is C11H11N5O3. The minimum absolute atomic E-state index is 0.0342. The number of hydrogen-bond acceptors (Lipinski definition) is 5. The van der Waals surface area contributed by atoms with Gasteiger partial charge in [0, 0.05) is 6.20 Å². The fourth-order valence-corrected chi connectivity index (χ4v) is 1.40. The van der Waals surface area contributed by atoms with Gasteiger partial charge in [-0.15, -0.1) is 5.10 Å². The van der Waals surface area contributed by atoms with Gasteiger partial charge in [0.2, 0.25) is 5.82 Å². The van der Waals surface area contributed by atoms with Crippen LogP contribution in [0.15, 0.2) is 18.3 Å². The van der Waals surface area contributed by atoms with Crippen molar-refractivity contribution in [3.8, 4) is 0 Å². The van der Waals surface area contributed by atoms with E-state index in [1.165, 1.54) is 18.3 Å². The minimum Gasteiger partial charge on any atom is -0.478 e. The maximum absolute atomic E-state index is 11.6. The van der Waals surface area contributed by atoms with E-state index in [1.54, 1.807) is 6.92 Å². The van der Waals surface area contributed by atoms with Gasteiger partial charge in [0.15, 0.2) is 0 Å². The number of aromatic amines is 1. The van der Waals surface area contributed by atoms with Gasteiger partial charge < -0.3 is 10.4 Å². The summed E-state index contributed by atoms with van der Waals surface area (Å²) in [4.78, 5) is 30.3. The summed E-state index contributed by atoms with van der Waals surface area (Å²) in [6.45, 7) is 1.79. The fourth-order valence-electron chi connectivity index (χ4n) is 1.40. The maximum Gasteiger partial charge on any atom is 0.335 e. The first-order valence-corrected chi connectivity index (χ1v) is 5.41. The van der Waals surface area contributed by atoms with Crippen molar-refractivity contribution in [1.29, 1.82) is 0 Å². The third-order valence-electron chi connectivity index (χ3n) is 2.29. The summed E-state index contributed by atoms with van der Waals surface area (Å²) in [5.41, 5.74) is 0.563. The van der Waals surface area contributed by atoms with Crippen LogP contribution in [0.1, 0.15) is 32.5 Å². The van der Waals surface area contributed by atoms with Crippen LogP contribution in [0.5, 0.6) is 0 Å². The summed E-state index contributed by atoms with van der Waals surface area (Å²) in [5, 5.41) is 17.7. The fraction of sp³-hybridized carbons (Fsp3) is 0.182. The molecule has 8 heteroatoms. The normalized spacial score (nSPS) is 10.2. The van der Waals surface area contributed by atoms with Gasteiger partial charge in [-0.3, -0.25) is 14.9 Å². The van der Waals surface area contributed by atoms with Gasteiger partial charge >= 0.3 is 5.97 Å². The number of nitrogens with zero attached hydrogens (tertiary/aromatic N) is 3. The Morgan fingerprint density at radius 3 is 2.89 bits per heavy atom. The van der Waals surface area contributed by atoms with Crippen LogP contribution in [0.2, 0.25) is 0 Å². The number of carboxylic acids is 1. The molecule has 0 aliphatic rings. The van der Waals surface area contributed by atoms with E-state index in [2.05, 4.69) is 25.5 Å². The van der Waals surface area contributed by atoms with Crippen LogP contribution in [0.3, 0.4) is 0 Å². The van der Waals surface area contributed by atoms with Gasteiger partial charge in [0.1, 0.15) is 5.82 Å². The number of carboxylic acid groups (broad SMARTS) is 1. The van der Waals surface area contributed by atoms with Gasteiger partial charge in [-0.25, -0.2) is 9.78 Å². The smallest absolute Gasteiger partial charge is 0.335 e. The highest BCUT2D eigenvalue weighted by Gasteiger charge is 2.11. The van der Waals surface area contributed by atoms with Gasteiger partial charge in [-0.1, -0.05) is 0 Å². The summed E-state index contributed by atoms with van der Waals surface area (Å²) in [7, 11) is 0. The molecule has 98 valence electrons. The molecule has 2 rings (SSSR count). The molecule has 0 radical (unpaired) electrons. The summed E-state index contributed by atoms with van der Waals surface area (Å²) in [6, 6.07) is 2.78. The quantitative estimate of drug-likeness (QED) is 0.719. The van der Waals surface area contributed by atoms with E-state index in [0.717, 1.165) is 0 Å². The van der Waals surface area contributed by atoms with Gasteiger partial charge in [-0.2, -0.15) is 0 Å². The number of aromatic nitrogens is 4. The zero-order valence-electron chi connectivity index (χ0n) is 10.0. The maximum atomic E-state index is 11.6. The highest BCUT2D eigenvalue weighted by molar-refractivity contribution is 5.90. The van der Waals surface area contributed by atoms with Crippen molar-refractivity contribution in [2.24, 2.45) is 0 Å². The van der Waals surface area contributed by atoms with E-state index in [0.29, 0.717) is 11.5 Å². The van der Waals surface area contributed by atoms with Crippen molar-refractivity contribution in [3.63, 3.8) is 0 Å². The standard InChI is InChI=1S/C11H11N5O3/c1-6-14-9(16-15-6)10(17)13-5-8-4-7(11(18)19)2-3-12-8/h2-4H,5H2,1H3,(H,13,17)(H,18,19)(H,14,15,16). The van der Waals surface area contributed by atoms with Gasteiger partial charge in [0.25, 0.3) is 5.91 Å². The Labute approximate surface area is 107 Å². The summed E-state index contributed by atoms with van der Waals surface area (Å²) in [5.74, 6) is -0.922. The van der Waals surface area contributed by atoms with E-state index < -0.39 is 11.9 Å². The van der Waals surface area contributed by atoms with Crippen LogP contribution < -0.4 is 5.32 Å². The lowest BCUT2D eigenvalue weighted by molar-refractivity contribution is 0.0696. The van der Waals surface area contributed by atoms with Crippen molar-refractivity contribution >= 4 is 11.9 Å². The number of aromatic carboxylic acids is 1. The lowest BCUT2D eigenvalue weighted by atomic mass is 10.2. The molecule has 2 aromatic heterocycles. The van der Waals surface area contributed by atoms with Crippen LogP contribution in [-0.2, 0) is 6.54 Å². The van der Waals surface area contributed by atoms with Crippen molar-refractivity contribution in [1.82, 2.24) is 25.5 Å². The molecule has 0 aliphatic heterocycles. The van der Waals surface area contributed by atoms with Crippen molar-refractivity contribution in [2.45, 2.75) is 13.5 Å². The molecule has 0 aromatic carbocycles. The van der Waals surface area contributed by atoms with Crippen LogP contribution in [0.4, 0.5) is 0 Å². The SMILES string of the molecule is Cc1nc(C(=O)NCc2cc(C(=O)O)ccn2)n[nH]1. The highest BCUT2D eigenvalue weighted by Crippen LogP contribution is 2.02. The molecule has 0 aliphatic carbocycles. The predicted molar refractivity (Wildman–Crippen MR) is 63.5 cm³/mol. The Morgan fingerprint density at radius 2 is 2.26 bits per heavy atom.